The van der Waals surface area contributed by atoms with Gasteiger partial charge in [-0.1, -0.05) is 5.16 Å². The molecule has 0 bridgehead atoms. The van der Waals surface area contributed by atoms with E-state index in [0.29, 0.717) is 28.4 Å². The van der Waals surface area contributed by atoms with E-state index in [-0.39, 0.29) is 22.2 Å². The van der Waals surface area contributed by atoms with Crippen molar-refractivity contribution in [1.82, 2.24) is 19.7 Å². The Bertz CT molecular complexity index is 1190. The summed E-state index contributed by atoms with van der Waals surface area (Å²) in [7, 11) is -2.40. The average molecular weight is 418 g/mol. The number of methoxy groups -OCH3 is 1. The van der Waals surface area contributed by atoms with Crippen molar-refractivity contribution >= 4 is 10.0 Å². The van der Waals surface area contributed by atoms with Crippen molar-refractivity contribution in [3.63, 3.8) is 0 Å². The van der Waals surface area contributed by atoms with Crippen LogP contribution in [-0.4, -0.2) is 36.5 Å². The largest absolute Gasteiger partial charge is 0.495 e. The van der Waals surface area contributed by atoms with Crippen LogP contribution >= 0.6 is 0 Å². The Hall–Kier alpha value is -2.98. The molecule has 2 heterocycles. The number of sulfonamides is 1. The van der Waals surface area contributed by atoms with Crippen molar-refractivity contribution in [1.29, 1.82) is 0 Å². The van der Waals surface area contributed by atoms with E-state index in [4.69, 9.17) is 9.26 Å². The Kier molecular flexibility index (Phi) is 5.58. The first-order chi connectivity index (χ1) is 13.6. The molecule has 0 fully saturated rings. The van der Waals surface area contributed by atoms with Crippen molar-refractivity contribution in [2.75, 3.05) is 7.11 Å². The maximum absolute atomic E-state index is 12.7. The van der Waals surface area contributed by atoms with Gasteiger partial charge in [0.15, 0.2) is 5.76 Å². The van der Waals surface area contributed by atoms with Gasteiger partial charge in [-0.15, -0.1) is 0 Å². The summed E-state index contributed by atoms with van der Waals surface area (Å²) in [5, 5.41) is 8.25. The molecule has 3 rings (SSSR count). The highest BCUT2D eigenvalue weighted by atomic mass is 32.2. The van der Waals surface area contributed by atoms with Gasteiger partial charge in [0.05, 0.1) is 12.8 Å². The third-order valence-corrected chi connectivity index (χ3v) is 5.83. The van der Waals surface area contributed by atoms with Crippen molar-refractivity contribution in [3.05, 3.63) is 52.1 Å². The second kappa shape index (κ2) is 7.80. The molecular weight excluding hydrogens is 396 g/mol. The van der Waals surface area contributed by atoms with E-state index in [2.05, 4.69) is 15.0 Å². The van der Waals surface area contributed by atoms with Crippen LogP contribution in [0.2, 0.25) is 0 Å². The van der Waals surface area contributed by atoms with Gasteiger partial charge in [-0.25, -0.2) is 13.1 Å². The third-order valence-electron chi connectivity index (χ3n) is 4.15. The Morgan fingerprint density at radius 1 is 1.17 bits per heavy atom. The third kappa shape index (κ3) is 4.08. The van der Waals surface area contributed by atoms with Crippen LogP contribution in [0.4, 0.5) is 0 Å². The van der Waals surface area contributed by atoms with Gasteiger partial charge in [0.1, 0.15) is 22.0 Å². The van der Waals surface area contributed by atoms with Crippen molar-refractivity contribution in [3.8, 4) is 22.7 Å². The van der Waals surface area contributed by atoms with Crippen LogP contribution in [0.25, 0.3) is 16.9 Å². The molecule has 0 saturated carbocycles. The van der Waals surface area contributed by atoms with Gasteiger partial charge in [0, 0.05) is 17.7 Å². The molecule has 10 heteroatoms. The zero-order chi connectivity index (χ0) is 21.3. The first-order valence-electron chi connectivity index (χ1n) is 8.88. The number of nitrogens with one attached hydrogen (secondary N) is 1. The predicted octanol–water partition coefficient (Wildman–Crippen LogP) is 2.20. The minimum Gasteiger partial charge on any atom is -0.495 e. The van der Waals surface area contributed by atoms with E-state index in [9.17, 15) is 13.2 Å². The van der Waals surface area contributed by atoms with Crippen LogP contribution < -0.4 is 15.0 Å². The number of nitrogens with zero attached hydrogens (tertiary/aromatic N) is 3. The molecule has 3 aromatic rings. The van der Waals surface area contributed by atoms with Crippen LogP contribution in [0.1, 0.15) is 25.3 Å². The standard InChI is InChI=1S/C19H22N4O5S/c1-11(2)22-29(25,26)17-10-14(6-8-16(17)27-5)15-7-9-18(24)23(20-15)19-12(3)21-28-13(19)4/h6-11,22H,1-5H3. The number of rotatable bonds is 6. The van der Waals surface area contributed by atoms with Crippen LogP contribution in [0.5, 0.6) is 5.75 Å². The summed E-state index contributed by atoms with van der Waals surface area (Å²) in [6, 6.07) is 7.31. The summed E-state index contributed by atoms with van der Waals surface area (Å²) >= 11 is 0. The summed E-state index contributed by atoms with van der Waals surface area (Å²) in [5.74, 6) is 0.661. The minimum atomic E-state index is -3.80. The number of aryl methyl sites for hydroxylation is 2. The lowest BCUT2D eigenvalue weighted by atomic mass is 10.1. The van der Waals surface area contributed by atoms with Gasteiger partial charge in [0.2, 0.25) is 10.0 Å². The second-order valence-corrected chi connectivity index (χ2v) is 8.47. The molecule has 0 amide bonds. The summed E-state index contributed by atoms with van der Waals surface area (Å²) < 4.78 is 39.5. The molecular formula is C19H22N4O5S. The molecule has 0 aliphatic heterocycles. The van der Waals surface area contributed by atoms with Crippen molar-refractivity contribution in [2.24, 2.45) is 0 Å². The molecule has 0 saturated heterocycles. The van der Waals surface area contributed by atoms with Crippen LogP contribution in [0.15, 0.2) is 44.5 Å². The topological polar surface area (TPSA) is 116 Å². The van der Waals surface area contributed by atoms with E-state index in [1.54, 1.807) is 39.8 Å². The molecule has 0 atom stereocenters. The summed E-state index contributed by atoms with van der Waals surface area (Å²) in [6.45, 7) is 6.86. The maximum atomic E-state index is 12.7. The molecule has 1 N–H and O–H groups in total. The first kappa shape index (κ1) is 20.7. The molecule has 0 radical (unpaired) electrons. The fraction of sp³-hybridized carbons (Fsp3) is 0.316. The monoisotopic (exact) mass is 418 g/mol. The molecule has 154 valence electrons. The number of aromatic nitrogens is 3. The van der Waals surface area contributed by atoms with Crippen molar-refractivity contribution < 1.29 is 17.7 Å². The van der Waals surface area contributed by atoms with Crippen LogP contribution in [0, 0.1) is 13.8 Å². The highest BCUT2D eigenvalue weighted by molar-refractivity contribution is 7.89. The zero-order valence-corrected chi connectivity index (χ0v) is 17.6. The zero-order valence-electron chi connectivity index (χ0n) is 16.8. The molecule has 0 spiro atoms. The fourth-order valence-electron chi connectivity index (χ4n) is 2.93. The summed E-state index contributed by atoms with van der Waals surface area (Å²) in [4.78, 5) is 12.3. The quantitative estimate of drug-likeness (QED) is 0.652. The van der Waals surface area contributed by atoms with E-state index in [1.807, 2.05) is 0 Å². The maximum Gasteiger partial charge on any atom is 0.271 e. The lowest BCUT2D eigenvalue weighted by Gasteiger charge is -2.14. The lowest BCUT2D eigenvalue weighted by molar-refractivity contribution is 0.392. The van der Waals surface area contributed by atoms with Gasteiger partial charge < -0.3 is 9.26 Å². The molecule has 0 aliphatic carbocycles. The molecule has 2 aromatic heterocycles. The minimum absolute atomic E-state index is 0.0110. The Balaban J connectivity index is 2.17. The smallest absolute Gasteiger partial charge is 0.271 e. The number of hydrogen-bond acceptors (Lipinski definition) is 7. The van der Waals surface area contributed by atoms with Gasteiger partial charge in [-0.3, -0.25) is 4.79 Å². The van der Waals surface area contributed by atoms with Crippen molar-refractivity contribution in [2.45, 2.75) is 38.6 Å². The molecule has 0 aliphatic rings. The first-order valence-corrected chi connectivity index (χ1v) is 10.4. The van der Waals surface area contributed by atoms with E-state index in [0.717, 1.165) is 0 Å². The highest BCUT2D eigenvalue weighted by Crippen LogP contribution is 2.29. The molecule has 9 nitrogen and oxygen atoms in total. The number of ether oxygens (including phenoxy) is 1. The van der Waals surface area contributed by atoms with E-state index in [1.165, 1.54) is 30.0 Å². The van der Waals surface area contributed by atoms with Gasteiger partial charge in [-0.2, -0.15) is 9.78 Å². The molecule has 29 heavy (non-hydrogen) atoms. The fourth-order valence-corrected chi connectivity index (χ4v) is 4.37. The van der Waals surface area contributed by atoms with Gasteiger partial charge >= 0.3 is 0 Å². The lowest BCUT2D eigenvalue weighted by Crippen LogP contribution is -2.30. The predicted molar refractivity (Wildman–Crippen MR) is 107 cm³/mol. The Morgan fingerprint density at radius 3 is 2.48 bits per heavy atom. The Morgan fingerprint density at radius 2 is 1.90 bits per heavy atom. The second-order valence-electron chi connectivity index (χ2n) is 6.78. The summed E-state index contributed by atoms with van der Waals surface area (Å²) in [6.07, 6.45) is 0. The van der Waals surface area contributed by atoms with Crippen LogP contribution in [-0.2, 0) is 10.0 Å². The number of benzene rings is 1. The number of hydrogen-bond donors (Lipinski definition) is 1. The van der Waals surface area contributed by atoms with Crippen LogP contribution in [0.3, 0.4) is 0 Å². The molecule has 1 aromatic carbocycles. The van der Waals surface area contributed by atoms with Gasteiger partial charge in [-0.05, 0) is 52.0 Å². The average Bonchev–Trinajstić information content (AvgIpc) is 2.99. The van der Waals surface area contributed by atoms with Gasteiger partial charge in [0.25, 0.3) is 5.56 Å². The van der Waals surface area contributed by atoms with E-state index >= 15 is 0 Å². The SMILES string of the molecule is COc1ccc(-c2ccc(=O)n(-c3c(C)noc3C)n2)cc1S(=O)(=O)NC(C)C. The highest BCUT2D eigenvalue weighted by Gasteiger charge is 2.22. The summed E-state index contributed by atoms with van der Waals surface area (Å²) in [5.41, 5.74) is 1.54. The van der Waals surface area contributed by atoms with E-state index < -0.39 is 10.0 Å². The molecule has 0 unspecified atom stereocenters. The normalized spacial score (nSPS) is 11.8. The Labute approximate surface area is 168 Å².